The van der Waals surface area contributed by atoms with Crippen molar-refractivity contribution in [3.05, 3.63) is 40.1 Å². The monoisotopic (exact) mass is 280 g/mol. The van der Waals surface area contributed by atoms with Gasteiger partial charge in [0, 0.05) is 0 Å². The van der Waals surface area contributed by atoms with E-state index >= 15 is 0 Å². The van der Waals surface area contributed by atoms with Gasteiger partial charge in [0.2, 0.25) is 0 Å². The molecule has 0 N–H and O–H groups in total. The first kappa shape index (κ1) is 11.2. The Labute approximate surface area is 103 Å². The van der Waals surface area contributed by atoms with E-state index in [0.29, 0.717) is 0 Å². The Bertz CT molecular complexity index is 520. The Morgan fingerprint density at radius 1 is 1.25 bits per heavy atom. The standard InChI is InChI=1S/C12H13BrN2O/c1-8-12(13)9(2)15(14-8)10-6-4-5-7-11(10)16-3/h4-7H,1-3H3. The summed E-state index contributed by atoms with van der Waals surface area (Å²) in [6.45, 7) is 4.00. The van der Waals surface area contributed by atoms with Crippen LogP contribution in [-0.4, -0.2) is 16.9 Å². The lowest BCUT2D eigenvalue weighted by Gasteiger charge is -2.09. The van der Waals surface area contributed by atoms with E-state index in [-0.39, 0.29) is 0 Å². The number of halogens is 1. The first-order valence-electron chi connectivity index (χ1n) is 5.00. The third-order valence-electron chi connectivity index (χ3n) is 2.52. The highest BCUT2D eigenvalue weighted by molar-refractivity contribution is 9.10. The van der Waals surface area contributed by atoms with Gasteiger partial charge in [-0.3, -0.25) is 0 Å². The Morgan fingerprint density at radius 3 is 2.50 bits per heavy atom. The summed E-state index contributed by atoms with van der Waals surface area (Å²) in [7, 11) is 1.67. The first-order valence-corrected chi connectivity index (χ1v) is 5.79. The van der Waals surface area contributed by atoms with Gasteiger partial charge in [-0.1, -0.05) is 12.1 Å². The van der Waals surface area contributed by atoms with Crippen molar-refractivity contribution < 1.29 is 4.74 Å². The minimum Gasteiger partial charge on any atom is -0.494 e. The van der Waals surface area contributed by atoms with Gasteiger partial charge in [-0.15, -0.1) is 0 Å². The van der Waals surface area contributed by atoms with Crippen molar-refractivity contribution in [2.75, 3.05) is 7.11 Å². The summed E-state index contributed by atoms with van der Waals surface area (Å²) in [4.78, 5) is 0. The smallest absolute Gasteiger partial charge is 0.144 e. The summed E-state index contributed by atoms with van der Waals surface area (Å²) in [5.74, 6) is 0.820. The van der Waals surface area contributed by atoms with Gasteiger partial charge in [0.1, 0.15) is 11.4 Å². The molecule has 0 spiro atoms. The van der Waals surface area contributed by atoms with E-state index in [2.05, 4.69) is 21.0 Å². The van der Waals surface area contributed by atoms with Crippen molar-refractivity contribution in [3.8, 4) is 11.4 Å². The van der Waals surface area contributed by atoms with Crippen molar-refractivity contribution in [3.63, 3.8) is 0 Å². The highest BCUT2D eigenvalue weighted by atomic mass is 79.9. The lowest BCUT2D eigenvalue weighted by molar-refractivity contribution is 0.411. The van der Waals surface area contributed by atoms with E-state index in [1.165, 1.54) is 0 Å². The number of hydrogen-bond acceptors (Lipinski definition) is 2. The average Bonchev–Trinajstić information content (AvgIpc) is 2.57. The SMILES string of the molecule is COc1ccccc1-n1nc(C)c(Br)c1C. The van der Waals surface area contributed by atoms with Crippen LogP contribution >= 0.6 is 15.9 Å². The number of rotatable bonds is 2. The minimum atomic E-state index is 0.820. The molecule has 0 atom stereocenters. The van der Waals surface area contributed by atoms with Crippen LogP contribution in [0, 0.1) is 13.8 Å². The molecule has 16 heavy (non-hydrogen) atoms. The number of benzene rings is 1. The maximum Gasteiger partial charge on any atom is 0.144 e. The number of aromatic nitrogens is 2. The largest absolute Gasteiger partial charge is 0.494 e. The lowest BCUT2D eigenvalue weighted by atomic mass is 10.3. The number of nitrogens with zero attached hydrogens (tertiary/aromatic N) is 2. The molecule has 0 unspecified atom stereocenters. The van der Waals surface area contributed by atoms with Crippen molar-refractivity contribution in [2.45, 2.75) is 13.8 Å². The summed E-state index contributed by atoms with van der Waals surface area (Å²) in [6.07, 6.45) is 0. The van der Waals surface area contributed by atoms with E-state index in [9.17, 15) is 0 Å². The van der Waals surface area contributed by atoms with Crippen molar-refractivity contribution in [1.82, 2.24) is 9.78 Å². The lowest BCUT2D eigenvalue weighted by Crippen LogP contribution is -2.01. The second kappa shape index (κ2) is 4.29. The number of aryl methyl sites for hydroxylation is 1. The second-order valence-electron chi connectivity index (χ2n) is 3.57. The van der Waals surface area contributed by atoms with Crippen LogP contribution in [-0.2, 0) is 0 Å². The number of ether oxygens (including phenoxy) is 1. The Morgan fingerprint density at radius 2 is 1.94 bits per heavy atom. The molecule has 0 radical (unpaired) electrons. The number of para-hydroxylation sites is 2. The van der Waals surface area contributed by atoms with Crippen LogP contribution in [0.15, 0.2) is 28.7 Å². The van der Waals surface area contributed by atoms with Gasteiger partial charge in [0.25, 0.3) is 0 Å². The zero-order valence-corrected chi connectivity index (χ0v) is 11.1. The van der Waals surface area contributed by atoms with Crippen molar-refractivity contribution >= 4 is 15.9 Å². The fourth-order valence-corrected chi connectivity index (χ4v) is 1.91. The molecule has 0 bridgehead atoms. The maximum atomic E-state index is 5.33. The van der Waals surface area contributed by atoms with E-state index in [0.717, 1.165) is 27.3 Å². The third kappa shape index (κ3) is 1.73. The summed E-state index contributed by atoms with van der Waals surface area (Å²) in [5.41, 5.74) is 3.00. The highest BCUT2D eigenvalue weighted by Crippen LogP contribution is 2.27. The summed E-state index contributed by atoms with van der Waals surface area (Å²) in [6, 6.07) is 7.84. The normalized spacial score (nSPS) is 10.5. The quantitative estimate of drug-likeness (QED) is 0.844. The second-order valence-corrected chi connectivity index (χ2v) is 4.36. The topological polar surface area (TPSA) is 27.1 Å². The number of methoxy groups -OCH3 is 1. The van der Waals surface area contributed by atoms with Crippen molar-refractivity contribution in [1.29, 1.82) is 0 Å². The van der Waals surface area contributed by atoms with Crippen LogP contribution in [0.3, 0.4) is 0 Å². The molecular weight excluding hydrogens is 268 g/mol. The molecule has 0 aliphatic heterocycles. The Hall–Kier alpha value is -1.29. The molecule has 2 rings (SSSR count). The predicted octanol–water partition coefficient (Wildman–Crippen LogP) is 3.26. The van der Waals surface area contributed by atoms with E-state index in [1.54, 1.807) is 7.11 Å². The van der Waals surface area contributed by atoms with Crippen LogP contribution in [0.4, 0.5) is 0 Å². The first-order chi connectivity index (χ1) is 7.65. The summed E-state index contributed by atoms with van der Waals surface area (Å²) >= 11 is 3.52. The average molecular weight is 281 g/mol. The van der Waals surface area contributed by atoms with Crippen molar-refractivity contribution in [2.24, 2.45) is 0 Å². The van der Waals surface area contributed by atoms with Gasteiger partial charge in [-0.25, -0.2) is 4.68 Å². The Balaban J connectivity index is 2.63. The zero-order valence-electron chi connectivity index (χ0n) is 9.49. The molecule has 0 aliphatic rings. The summed E-state index contributed by atoms with van der Waals surface area (Å²) < 4.78 is 8.26. The molecule has 3 nitrogen and oxygen atoms in total. The zero-order chi connectivity index (χ0) is 11.7. The Kier molecular flexibility index (Phi) is 3.01. The van der Waals surface area contributed by atoms with Crippen LogP contribution in [0.5, 0.6) is 5.75 Å². The fraction of sp³-hybridized carbons (Fsp3) is 0.250. The highest BCUT2D eigenvalue weighted by Gasteiger charge is 2.12. The summed E-state index contributed by atoms with van der Waals surface area (Å²) in [5, 5.41) is 4.48. The van der Waals surface area contributed by atoms with Crippen LogP contribution in [0.25, 0.3) is 5.69 Å². The van der Waals surface area contributed by atoms with Gasteiger partial charge >= 0.3 is 0 Å². The molecule has 84 valence electrons. The van der Waals surface area contributed by atoms with Gasteiger partial charge in [-0.2, -0.15) is 5.10 Å². The molecule has 1 aromatic heterocycles. The molecule has 0 saturated heterocycles. The fourth-order valence-electron chi connectivity index (χ4n) is 1.66. The van der Waals surface area contributed by atoms with Crippen LogP contribution in [0.1, 0.15) is 11.4 Å². The molecular formula is C12H13BrN2O. The van der Waals surface area contributed by atoms with Gasteiger partial charge < -0.3 is 4.74 Å². The third-order valence-corrected chi connectivity index (χ3v) is 3.66. The van der Waals surface area contributed by atoms with Gasteiger partial charge in [0.05, 0.1) is 23.0 Å². The molecule has 0 fully saturated rings. The molecule has 4 heteroatoms. The molecule has 0 aliphatic carbocycles. The molecule has 1 aromatic carbocycles. The van der Waals surface area contributed by atoms with E-state index in [4.69, 9.17) is 4.74 Å². The van der Waals surface area contributed by atoms with E-state index < -0.39 is 0 Å². The van der Waals surface area contributed by atoms with Crippen LogP contribution in [0.2, 0.25) is 0 Å². The van der Waals surface area contributed by atoms with E-state index in [1.807, 2.05) is 42.8 Å². The van der Waals surface area contributed by atoms with Gasteiger partial charge in [-0.05, 0) is 41.9 Å². The molecule has 0 amide bonds. The predicted molar refractivity (Wildman–Crippen MR) is 67.3 cm³/mol. The molecule has 2 aromatic rings. The molecule has 1 heterocycles. The maximum absolute atomic E-state index is 5.33. The minimum absolute atomic E-state index is 0.820. The van der Waals surface area contributed by atoms with Crippen LogP contribution < -0.4 is 4.74 Å². The van der Waals surface area contributed by atoms with Gasteiger partial charge in [0.15, 0.2) is 0 Å². The molecule has 0 saturated carbocycles. The number of hydrogen-bond donors (Lipinski definition) is 0.